The molecule has 2 N–H and O–H groups in total. The Hall–Kier alpha value is -2.37. The van der Waals surface area contributed by atoms with Crippen molar-refractivity contribution in [3.05, 3.63) is 65.2 Å². The lowest BCUT2D eigenvalue weighted by Gasteiger charge is -2.28. The number of hydrogen-bond donors (Lipinski definition) is 2. The van der Waals surface area contributed by atoms with Gasteiger partial charge < -0.3 is 15.5 Å². The molecule has 0 saturated carbocycles. The largest absolute Gasteiger partial charge is 0.334 e. The van der Waals surface area contributed by atoms with Crippen molar-refractivity contribution in [2.24, 2.45) is 0 Å². The zero-order chi connectivity index (χ0) is 19.2. The molecule has 1 saturated heterocycles. The molecule has 28 heavy (non-hydrogen) atoms. The van der Waals surface area contributed by atoms with Gasteiger partial charge in [0.25, 0.3) is 11.8 Å². The molecule has 2 amide bonds. The highest BCUT2D eigenvalue weighted by atomic mass is 35.5. The van der Waals surface area contributed by atoms with Gasteiger partial charge in [-0.2, -0.15) is 0 Å². The molecule has 2 aromatic rings. The van der Waals surface area contributed by atoms with Gasteiger partial charge in [0, 0.05) is 35.9 Å². The lowest BCUT2D eigenvalue weighted by Crippen LogP contribution is -2.42. The van der Waals surface area contributed by atoms with Crippen molar-refractivity contribution >= 4 is 29.9 Å². The molecule has 2 aromatic carbocycles. The lowest BCUT2D eigenvalue weighted by atomic mass is 10.1. The summed E-state index contributed by atoms with van der Waals surface area (Å²) in [5.74, 6) is -0.144. The Bertz CT molecular complexity index is 805. The molecule has 1 aliphatic heterocycles. The van der Waals surface area contributed by atoms with Gasteiger partial charge in [-0.25, -0.2) is 0 Å². The number of nitrogens with one attached hydrogen (secondary N) is 2. The summed E-state index contributed by atoms with van der Waals surface area (Å²) >= 11 is 0. The van der Waals surface area contributed by atoms with Gasteiger partial charge >= 0.3 is 0 Å². The van der Waals surface area contributed by atoms with Crippen LogP contribution in [0.25, 0.3) is 0 Å². The number of aryl methyl sites for hydroxylation is 1. The minimum Gasteiger partial charge on any atom is -0.334 e. The first-order chi connectivity index (χ1) is 13.1. The van der Waals surface area contributed by atoms with Crippen LogP contribution in [-0.4, -0.2) is 42.4 Å². The Labute approximate surface area is 172 Å². The van der Waals surface area contributed by atoms with Crippen LogP contribution < -0.4 is 10.6 Å². The van der Waals surface area contributed by atoms with Gasteiger partial charge in [-0.05, 0) is 56.1 Å². The molecule has 0 bridgehead atoms. The van der Waals surface area contributed by atoms with E-state index in [0.717, 1.165) is 38.0 Å². The molecule has 1 fully saturated rings. The summed E-state index contributed by atoms with van der Waals surface area (Å²) in [5.41, 5.74) is 2.82. The van der Waals surface area contributed by atoms with E-state index in [9.17, 15) is 9.59 Å². The number of hydrogen-bond acceptors (Lipinski definition) is 3. The summed E-state index contributed by atoms with van der Waals surface area (Å²) in [6.45, 7) is 6.55. The summed E-state index contributed by atoms with van der Waals surface area (Å²) in [5, 5.41) is 6.27. The van der Waals surface area contributed by atoms with Gasteiger partial charge in [0.1, 0.15) is 0 Å². The second kappa shape index (κ2) is 10.2. The first-order valence-electron chi connectivity index (χ1n) is 9.59. The van der Waals surface area contributed by atoms with Crippen LogP contribution in [0.1, 0.15) is 46.0 Å². The van der Waals surface area contributed by atoms with Gasteiger partial charge in [0.15, 0.2) is 0 Å². The van der Waals surface area contributed by atoms with Crippen molar-refractivity contribution in [2.75, 3.05) is 25.0 Å². The van der Waals surface area contributed by atoms with Gasteiger partial charge in [-0.15, -0.1) is 12.4 Å². The Morgan fingerprint density at radius 3 is 2.54 bits per heavy atom. The third kappa shape index (κ3) is 5.12. The van der Waals surface area contributed by atoms with Crippen LogP contribution in [0.15, 0.2) is 48.5 Å². The highest BCUT2D eigenvalue weighted by molar-refractivity contribution is 6.05. The lowest BCUT2D eigenvalue weighted by molar-refractivity contribution is 0.0692. The maximum absolute atomic E-state index is 13.1. The summed E-state index contributed by atoms with van der Waals surface area (Å²) < 4.78 is 0. The second-order valence-electron chi connectivity index (χ2n) is 7.00. The Morgan fingerprint density at radius 1 is 1.14 bits per heavy atom. The molecule has 0 aliphatic carbocycles. The number of benzene rings is 2. The van der Waals surface area contributed by atoms with Gasteiger partial charge in [0.05, 0.1) is 0 Å². The van der Waals surface area contributed by atoms with Crippen LogP contribution in [0.4, 0.5) is 5.69 Å². The van der Waals surface area contributed by atoms with Crippen molar-refractivity contribution < 1.29 is 9.59 Å². The zero-order valence-corrected chi connectivity index (χ0v) is 17.2. The molecular formula is C22H28ClN3O2. The predicted molar refractivity (Wildman–Crippen MR) is 115 cm³/mol. The van der Waals surface area contributed by atoms with E-state index in [2.05, 4.69) is 17.6 Å². The van der Waals surface area contributed by atoms with E-state index in [0.29, 0.717) is 16.8 Å². The maximum atomic E-state index is 13.1. The van der Waals surface area contributed by atoms with Crippen molar-refractivity contribution in [3.63, 3.8) is 0 Å². The molecule has 0 radical (unpaired) electrons. The summed E-state index contributed by atoms with van der Waals surface area (Å²) in [6, 6.07) is 14.9. The van der Waals surface area contributed by atoms with Crippen LogP contribution in [0.2, 0.25) is 0 Å². The van der Waals surface area contributed by atoms with Gasteiger partial charge in [-0.1, -0.05) is 31.2 Å². The fraction of sp³-hybridized carbons (Fsp3) is 0.364. The number of rotatable bonds is 6. The summed E-state index contributed by atoms with van der Waals surface area (Å²) in [7, 11) is 0. The van der Waals surface area contributed by atoms with E-state index in [1.807, 2.05) is 42.2 Å². The van der Waals surface area contributed by atoms with Gasteiger partial charge in [0.2, 0.25) is 0 Å². The van der Waals surface area contributed by atoms with E-state index in [4.69, 9.17) is 0 Å². The predicted octanol–water partition coefficient (Wildman–Crippen LogP) is 3.88. The van der Waals surface area contributed by atoms with Crippen molar-refractivity contribution in [2.45, 2.75) is 32.7 Å². The molecular weight excluding hydrogens is 374 g/mol. The average molecular weight is 402 g/mol. The monoisotopic (exact) mass is 401 g/mol. The third-order valence-electron chi connectivity index (χ3n) is 4.97. The topological polar surface area (TPSA) is 61.4 Å². The van der Waals surface area contributed by atoms with Crippen molar-refractivity contribution in [3.8, 4) is 0 Å². The van der Waals surface area contributed by atoms with Crippen LogP contribution in [0.5, 0.6) is 0 Å². The third-order valence-corrected chi connectivity index (χ3v) is 4.97. The molecule has 3 rings (SSSR count). The molecule has 5 nitrogen and oxygen atoms in total. The fourth-order valence-electron chi connectivity index (χ4n) is 3.44. The van der Waals surface area contributed by atoms with E-state index < -0.39 is 0 Å². The fourth-order valence-corrected chi connectivity index (χ4v) is 3.44. The standard InChI is InChI=1S/C22H27N3O2.ClH/c1-3-13-25(19-11-12-23-15-19)22(27)18-10-9-16(2)20(14-18)24-21(26)17-7-5-4-6-8-17;/h4-10,14,19,23H,3,11-13,15H2,1-2H3,(H,24,26);1H. The molecule has 1 heterocycles. The molecule has 1 aliphatic rings. The molecule has 0 aromatic heterocycles. The summed E-state index contributed by atoms with van der Waals surface area (Å²) in [6.07, 6.45) is 1.90. The van der Waals surface area contributed by atoms with Gasteiger partial charge in [-0.3, -0.25) is 9.59 Å². The number of halogens is 1. The Kier molecular flexibility index (Phi) is 8.03. The van der Waals surface area contributed by atoms with Crippen molar-refractivity contribution in [1.29, 1.82) is 0 Å². The highest BCUT2D eigenvalue weighted by Gasteiger charge is 2.27. The van der Waals surface area contributed by atoms with E-state index >= 15 is 0 Å². The SMILES string of the molecule is CCCN(C(=O)c1ccc(C)c(NC(=O)c2ccccc2)c1)C1CCNC1.Cl. The molecule has 150 valence electrons. The van der Waals surface area contributed by atoms with E-state index in [1.165, 1.54) is 0 Å². The van der Waals surface area contributed by atoms with E-state index in [1.54, 1.807) is 18.2 Å². The van der Waals surface area contributed by atoms with Crippen LogP contribution >= 0.6 is 12.4 Å². The normalized spacial score (nSPS) is 15.6. The minimum absolute atomic E-state index is 0. The highest BCUT2D eigenvalue weighted by Crippen LogP contribution is 2.21. The molecule has 0 spiro atoms. The molecule has 1 unspecified atom stereocenters. The maximum Gasteiger partial charge on any atom is 0.255 e. The van der Waals surface area contributed by atoms with Crippen molar-refractivity contribution in [1.82, 2.24) is 10.2 Å². The number of anilines is 1. The molecule has 6 heteroatoms. The smallest absolute Gasteiger partial charge is 0.255 e. The number of nitrogens with zero attached hydrogens (tertiary/aromatic N) is 1. The Balaban J connectivity index is 0.00000280. The number of amides is 2. The quantitative estimate of drug-likeness (QED) is 0.772. The first kappa shape index (κ1) is 21.9. The van der Waals surface area contributed by atoms with E-state index in [-0.39, 0.29) is 30.3 Å². The first-order valence-corrected chi connectivity index (χ1v) is 9.59. The minimum atomic E-state index is -0.172. The van der Waals surface area contributed by atoms with Crippen LogP contribution in [-0.2, 0) is 0 Å². The van der Waals surface area contributed by atoms with Crippen LogP contribution in [0.3, 0.4) is 0 Å². The van der Waals surface area contributed by atoms with Crippen LogP contribution in [0, 0.1) is 6.92 Å². The average Bonchev–Trinajstić information content (AvgIpc) is 3.22. The second-order valence-corrected chi connectivity index (χ2v) is 7.00. The number of carbonyl (C=O) groups excluding carboxylic acids is 2. The summed E-state index contributed by atoms with van der Waals surface area (Å²) in [4.78, 5) is 27.6. The molecule has 1 atom stereocenters. The zero-order valence-electron chi connectivity index (χ0n) is 16.4. The number of carbonyl (C=O) groups is 2. The Morgan fingerprint density at radius 2 is 1.89 bits per heavy atom.